The van der Waals surface area contributed by atoms with E-state index in [1.54, 1.807) is 29.2 Å². The molecule has 4 aromatic rings. The molecule has 0 saturated heterocycles. The summed E-state index contributed by atoms with van der Waals surface area (Å²) in [5, 5.41) is 12.5. The Morgan fingerprint density at radius 3 is 2.74 bits per heavy atom. The van der Waals surface area contributed by atoms with Gasteiger partial charge in [0.05, 0.1) is 35.2 Å². The van der Waals surface area contributed by atoms with Crippen LogP contribution in [0.25, 0.3) is 33.4 Å². The van der Waals surface area contributed by atoms with Crippen molar-refractivity contribution in [3.63, 3.8) is 0 Å². The Hall–Kier alpha value is -3.62. The van der Waals surface area contributed by atoms with Crippen LogP contribution in [-0.2, 0) is 6.54 Å². The average Bonchev–Trinajstić information content (AvgIpc) is 3.24. The summed E-state index contributed by atoms with van der Waals surface area (Å²) in [6, 6.07) is 9.47. The molecule has 7 nitrogen and oxygen atoms in total. The van der Waals surface area contributed by atoms with Gasteiger partial charge in [-0.1, -0.05) is 11.6 Å². The first kappa shape index (κ1) is 20.6. The molecule has 0 bridgehead atoms. The second-order valence-corrected chi connectivity index (χ2v) is 7.27. The molecule has 0 aliphatic heterocycles. The van der Waals surface area contributed by atoms with Crippen LogP contribution < -0.4 is 11.5 Å². The number of aromatic nitrogens is 4. The van der Waals surface area contributed by atoms with Gasteiger partial charge in [-0.15, -0.1) is 0 Å². The quantitative estimate of drug-likeness (QED) is 0.399. The zero-order valence-electron chi connectivity index (χ0n) is 16.4. The number of hydrogen-bond acceptors (Lipinski definition) is 6. The van der Waals surface area contributed by atoms with E-state index < -0.39 is 5.82 Å². The molecule has 1 aromatic carbocycles. The Morgan fingerprint density at radius 1 is 1.13 bits per heavy atom. The van der Waals surface area contributed by atoms with E-state index in [9.17, 15) is 4.39 Å². The van der Waals surface area contributed by atoms with Crippen LogP contribution in [0.3, 0.4) is 0 Å². The maximum absolute atomic E-state index is 14.3. The molecule has 0 fully saturated rings. The zero-order valence-corrected chi connectivity index (χ0v) is 17.1. The average molecular weight is 436 g/mol. The van der Waals surface area contributed by atoms with Crippen LogP contribution in [0.5, 0.6) is 0 Å². The lowest BCUT2D eigenvalue weighted by Crippen LogP contribution is -2.09. The van der Waals surface area contributed by atoms with Crippen molar-refractivity contribution in [1.29, 1.82) is 5.41 Å². The monoisotopic (exact) mass is 435 g/mol. The van der Waals surface area contributed by atoms with E-state index >= 15 is 0 Å². The summed E-state index contributed by atoms with van der Waals surface area (Å²) in [6.07, 6.45) is 6.43. The molecular formula is C22H19ClFN7. The summed E-state index contributed by atoms with van der Waals surface area (Å²) >= 11 is 5.99. The number of rotatable bonds is 6. The molecule has 0 atom stereocenters. The molecule has 5 N–H and O–H groups in total. The van der Waals surface area contributed by atoms with Crippen molar-refractivity contribution in [3.05, 3.63) is 77.1 Å². The number of halogens is 2. The Morgan fingerprint density at radius 2 is 1.97 bits per heavy atom. The van der Waals surface area contributed by atoms with Gasteiger partial charge in [0.2, 0.25) is 0 Å². The van der Waals surface area contributed by atoms with E-state index in [-0.39, 0.29) is 16.8 Å². The smallest absolute Gasteiger partial charge is 0.132 e. The molecule has 3 heterocycles. The topological polar surface area (TPSA) is 119 Å². The van der Waals surface area contributed by atoms with Gasteiger partial charge in [0.25, 0.3) is 0 Å². The zero-order chi connectivity index (χ0) is 22.0. The number of benzene rings is 1. The number of pyridine rings is 2. The maximum atomic E-state index is 14.3. The van der Waals surface area contributed by atoms with E-state index in [1.807, 2.05) is 12.3 Å². The summed E-state index contributed by atoms with van der Waals surface area (Å²) in [5.74, 6) is -0.527. The number of hydrogen-bond donors (Lipinski definition) is 3. The van der Waals surface area contributed by atoms with Gasteiger partial charge in [0, 0.05) is 52.4 Å². The molecule has 4 rings (SSSR count). The molecule has 0 aliphatic rings. The van der Waals surface area contributed by atoms with Crippen LogP contribution in [0.1, 0.15) is 11.3 Å². The molecule has 0 saturated carbocycles. The van der Waals surface area contributed by atoms with Crippen molar-refractivity contribution in [2.75, 3.05) is 6.54 Å². The van der Waals surface area contributed by atoms with Gasteiger partial charge >= 0.3 is 0 Å². The number of nitrogens with two attached hydrogens (primary N) is 2. The molecule has 0 spiro atoms. The highest BCUT2D eigenvalue weighted by Crippen LogP contribution is 2.27. The van der Waals surface area contributed by atoms with Gasteiger partial charge in [-0.3, -0.25) is 9.67 Å². The highest BCUT2D eigenvalue weighted by atomic mass is 35.5. The Bertz CT molecular complexity index is 1310. The predicted molar refractivity (Wildman–Crippen MR) is 121 cm³/mol. The van der Waals surface area contributed by atoms with Crippen LogP contribution in [0.15, 0.2) is 55.0 Å². The van der Waals surface area contributed by atoms with Gasteiger partial charge in [-0.05, 0) is 36.4 Å². The number of fused-ring (bicyclic) bond motifs is 1. The minimum Gasteiger partial charge on any atom is -0.398 e. The van der Waals surface area contributed by atoms with E-state index in [2.05, 4.69) is 15.1 Å². The minimum atomic E-state index is -0.527. The summed E-state index contributed by atoms with van der Waals surface area (Å²) in [7, 11) is 0. The van der Waals surface area contributed by atoms with Crippen molar-refractivity contribution in [1.82, 2.24) is 19.7 Å². The first-order chi connectivity index (χ1) is 15.0. The largest absolute Gasteiger partial charge is 0.398 e. The first-order valence-corrected chi connectivity index (χ1v) is 9.83. The third-order valence-corrected chi connectivity index (χ3v) is 5.03. The Labute approximate surface area is 182 Å². The van der Waals surface area contributed by atoms with Crippen molar-refractivity contribution in [2.45, 2.75) is 6.54 Å². The fraction of sp³-hybridized carbons (Fsp3) is 0.0909. The molecule has 0 aliphatic carbocycles. The standard InChI is InChI=1S/C22H19ClFN7/c23-15-1-2-18(24)16(8-15)22(27)17(9-26)19-3-4-20-21(30-19)7-13(10-28-20)14-11-29-31(12-14)6-5-25/h1-4,7-12,26H,5-6,25,27H2/b22-17+,26-9?. The van der Waals surface area contributed by atoms with Crippen molar-refractivity contribution in [2.24, 2.45) is 11.5 Å². The molecule has 0 unspecified atom stereocenters. The van der Waals surface area contributed by atoms with E-state index in [0.717, 1.165) is 17.3 Å². The van der Waals surface area contributed by atoms with Gasteiger partial charge in [-0.2, -0.15) is 5.10 Å². The van der Waals surface area contributed by atoms with Gasteiger partial charge in [0.1, 0.15) is 5.82 Å². The van der Waals surface area contributed by atoms with Gasteiger partial charge < -0.3 is 16.9 Å². The third kappa shape index (κ3) is 4.16. The fourth-order valence-electron chi connectivity index (χ4n) is 3.22. The predicted octanol–water partition coefficient (Wildman–Crippen LogP) is 3.72. The summed E-state index contributed by atoms with van der Waals surface area (Å²) < 4.78 is 16.1. The van der Waals surface area contributed by atoms with Gasteiger partial charge in [-0.25, -0.2) is 9.37 Å². The third-order valence-electron chi connectivity index (χ3n) is 4.79. The second kappa shape index (κ2) is 8.63. The second-order valence-electron chi connectivity index (χ2n) is 6.84. The van der Waals surface area contributed by atoms with Gasteiger partial charge in [0.15, 0.2) is 0 Å². The van der Waals surface area contributed by atoms with Crippen molar-refractivity contribution >= 4 is 40.1 Å². The molecule has 0 amide bonds. The van der Waals surface area contributed by atoms with E-state index in [1.165, 1.54) is 18.2 Å². The molecule has 31 heavy (non-hydrogen) atoms. The van der Waals surface area contributed by atoms with E-state index in [4.69, 9.17) is 28.5 Å². The molecule has 3 aromatic heterocycles. The lowest BCUT2D eigenvalue weighted by molar-refractivity contribution is 0.624. The highest BCUT2D eigenvalue weighted by molar-refractivity contribution is 6.31. The highest BCUT2D eigenvalue weighted by Gasteiger charge is 2.14. The SMILES string of the molecule is N=C/C(=C(\N)c1cc(Cl)ccc1F)c1ccc2ncc(-c3cnn(CCN)c3)cc2n1. The van der Waals surface area contributed by atoms with Crippen LogP contribution >= 0.6 is 11.6 Å². The molecule has 156 valence electrons. The molecule has 9 heteroatoms. The Balaban J connectivity index is 1.79. The maximum Gasteiger partial charge on any atom is 0.132 e. The van der Waals surface area contributed by atoms with Crippen LogP contribution in [0, 0.1) is 11.2 Å². The van der Waals surface area contributed by atoms with Crippen LogP contribution in [-0.4, -0.2) is 32.5 Å². The minimum absolute atomic E-state index is 0.0778. The molecular weight excluding hydrogens is 417 g/mol. The van der Waals surface area contributed by atoms with Crippen molar-refractivity contribution < 1.29 is 4.39 Å². The molecule has 0 radical (unpaired) electrons. The number of allylic oxidation sites excluding steroid dienone is 1. The lowest BCUT2D eigenvalue weighted by atomic mass is 10.0. The lowest BCUT2D eigenvalue weighted by Gasteiger charge is -2.10. The van der Waals surface area contributed by atoms with Crippen molar-refractivity contribution in [3.8, 4) is 11.1 Å². The number of nitrogens with one attached hydrogen (secondary N) is 1. The van der Waals surface area contributed by atoms with E-state index in [0.29, 0.717) is 34.8 Å². The summed E-state index contributed by atoms with van der Waals surface area (Å²) in [6.45, 7) is 1.12. The van der Waals surface area contributed by atoms with Crippen LogP contribution in [0.2, 0.25) is 5.02 Å². The summed E-state index contributed by atoms with van der Waals surface area (Å²) in [5.41, 5.74) is 15.7. The number of nitrogens with zero attached hydrogens (tertiary/aromatic N) is 4. The Kier molecular flexibility index (Phi) is 5.75. The van der Waals surface area contributed by atoms with Crippen LogP contribution in [0.4, 0.5) is 4.39 Å². The fourth-order valence-corrected chi connectivity index (χ4v) is 3.39. The normalized spacial score (nSPS) is 12.1. The summed E-state index contributed by atoms with van der Waals surface area (Å²) in [4.78, 5) is 9.08. The first-order valence-electron chi connectivity index (χ1n) is 9.46.